The zero-order chi connectivity index (χ0) is 10.1. The number of pyridine rings is 1. The van der Waals surface area contributed by atoms with Crippen molar-refractivity contribution in [3.63, 3.8) is 0 Å². The lowest BCUT2D eigenvalue weighted by Gasteiger charge is -2.04. The molecule has 0 aliphatic carbocycles. The van der Waals surface area contributed by atoms with Crippen molar-refractivity contribution in [3.05, 3.63) is 30.2 Å². The molecule has 2 aromatic rings. The Hall–Kier alpha value is -1.84. The van der Waals surface area contributed by atoms with Gasteiger partial charge in [-0.05, 0) is 18.2 Å². The van der Waals surface area contributed by atoms with Crippen molar-refractivity contribution in [3.8, 4) is 5.75 Å². The zero-order valence-corrected chi connectivity index (χ0v) is 7.62. The number of aromatic nitrogens is 1. The maximum atomic E-state index is 12.9. The fourth-order valence-electron chi connectivity index (χ4n) is 1.32. The van der Waals surface area contributed by atoms with Gasteiger partial charge < -0.3 is 10.5 Å². The monoisotopic (exact) mass is 192 g/mol. The molecule has 2 N–H and O–H groups in total. The molecule has 0 radical (unpaired) electrons. The largest absolute Gasteiger partial charge is 0.497 e. The summed E-state index contributed by atoms with van der Waals surface area (Å²) in [7, 11) is 1.56. The van der Waals surface area contributed by atoms with Gasteiger partial charge in [0.25, 0.3) is 0 Å². The first-order valence-electron chi connectivity index (χ1n) is 4.10. The van der Waals surface area contributed by atoms with Gasteiger partial charge in [-0.3, -0.25) is 0 Å². The molecular weight excluding hydrogens is 183 g/mol. The number of hydrogen-bond donors (Lipinski definition) is 1. The van der Waals surface area contributed by atoms with Crippen LogP contribution in [0.25, 0.3) is 10.9 Å². The molecule has 3 nitrogen and oxygen atoms in total. The third kappa shape index (κ3) is 1.35. The van der Waals surface area contributed by atoms with Crippen molar-refractivity contribution in [2.45, 2.75) is 0 Å². The van der Waals surface area contributed by atoms with Crippen LogP contribution in [0.4, 0.5) is 10.1 Å². The number of rotatable bonds is 1. The molecule has 0 atom stereocenters. The SMILES string of the molecule is COc1ccc2nc(F)cc(N)c2c1. The van der Waals surface area contributed by atoms with Crippen molar-refractivity contribution < 1.29 is 9.13 Å². The Morgan fingerprint density at radius 3 is 2.86 bits per heavy atom. The molecule has 0 unspecified atom stereocenters. The van der Waals surface area contributed by atoms with E-state index in [2.05, 4.69) is 4.98 Å². The summed E-state index contributed by atoms with van der Waals surface area (Å²) in [6, 6.07) is 6.32. The number of halogens is 1. The van der Waals surface area contributed by atoms with Crippen molar-refractivity contribution in [2.24, 2.45) is 0 Å². The molecule has 0 spiro atoms. The van der Waals surface area contributed by atoms with Crippen LogP contribution in [0, 0.1) is 5.95 Å². The maximum Gasteiger partial charge on any atom is 0.215 e. The minimum absolute atomic E-state index is 0.367. The molecule has 0 aliphatic heterocycles. The number of nitrogens with zero attached hydrogens (tertiary/aromatic N) is 1. The average molecular weight is 192 g/mol. The number of methoxy groups -OCH3 is 1. The smallest absolute Gasteiger partial charge is 0.215 e. The summed E-state index contributed by atoms with van der Waals surface area (Å²) in [4.78, 5) is 3.71. The van der Waals surface area contributed by atoms with Gasteiger partial charge >= 0.3 is 0 Å². The van der Waals surface area contributed by atoms with Gasteiger partial charge in [0.15, 0.2) is 0 Å². The number of nitrogen functional groups attached to an aromatic ring is 1. The lowest BCUT2D eigenvalue weighted by molar-refractivity contribution is 0.415. The van der Waals surface area contributed by atoms with Crippen LogP contribution in [0.3, 0.4) is 0 Å². The van der Waals surface area contributed by atoms with Gasteiger partial charge in [-0.2, -0.15) is 4.39 Å². The Bertz CT molecular complexity index is 485. The minimum Gasteiger partial charge on any atom is -0.497 e. The molecule has 1 aromatic heterocycles. The molecule has 0 fully saturated rings. The third-order valence-corrected chi connectivity index (χ3v) is 2.02. The molecule has 14 heavy (non-hydrogen) atoms. The Morgan fingerprint density at radius 2 is 2.14 bits per heavy atom. The summed E-state index contributed by atoms with van der Waals surface area (Å²) >= 11 is 0. The predicted molar refractivity (Wildman–Crippen MR) is 52.7 cm³/mol. The highest BCUT2D eigenvalue weighted by Crippen LogP contribution is 2.24. The molecule has 4 heteroatoms. The molecule has 72 valence electrons. The average Bonchev–Trinajstić information content (AvgIpc) is 2.17. The Balaban J connectivity index is 2.75. The molecule has 1 heterocycles. The van der Waals surface area contributed by atoms with E-state index in [4.69, 9.17) is 10.5 Å². The molecular formula is C10H9FN2O. The number of anilines is 1. The lowest BCUT2D eigenvalue weighted by atomic mass is 10.2. The molecule has 1 aromatic carbocycles. The van der Waals surface area contributed by atoms with Gasteiger partial charge in [-0.25, -0.2) is 4.98 Å². The fraction of sp³-hybridized carbons (Fsp3) is 0.100. The summed E-state index contributed by atoms with van der Waals surface area (Å²) in [5.74, 6) is 0.109. The normalized spacial score (nSPS) is 10.4. The summed E-state index contributed by atoms with van der Waals surface area (Å²) < 4.78 is 17.9. The van der Waals surface area contributed by atoms with Crippen molar-refractivity contribution >= 4 is 16.6 Å². The van der Waals surface area contributed by atoms with Gasteiger partial charge in [-0.1, -0.05) is 0 Å². The molecule has 2 rings (SSSR count). The van der Waals surface area contributed by atoms with Gasteiger partial charge in [0, 0.05) is 17.1 Å². The summed E-state index contributed by atoms with van der Waals surface area (Å²) in [5, 5.41) is 0.700. The number of hydrogen-bond acceptors (Lipinski definition) is 3. The van der Waals surface area contributed by atoms with Crippen LogP contribution in [0.2, 0.25) is 0 Å². The maximum absolute atomic E-state index is 12.9. The van der Waals surface area contributed by atoms with E-state index in [9.17, 15) is 4.39 Å². The third-order valence-electron chi connectivity index (χ3n) is 2.02. The fourth-order valence-corrected chi connectivity index (χ4v) is 1.32. The van der Waals surface area contributed by atoms with E-state index >= 15 is 0 Å². The molecule has 0 aliphatic rings. The number of nitrogens with two attached hydrogens (primary N) is 1. The van der Waals surface area contributed by atoms with E-state index in [0.717, 1.165) is 0 Å². The van der Waals surface area contributed by atoms with Crippen LogP contribution in [-0.2, 0) is 0 Å². The quantitative estimate of drug-likeness (QED) is 0.702. The van der Waals surface area contributed by atoms with E-state index in [-0.39, 0.29) is 0 Å². The number of benzene rings is 1. The van der Waals surface area contributed by atoms with E-state index in [1.165, 1.54) is 6.07 Å². The second-order valence-electron chi connectivity index (χ2n) is 2.92. The zero-order valence-electron chi connectivity index (χ0n) is 7.62. The molecule has 0 saturated carbocycles. The Morgan fingerprint density at radius 1 is 1.36 bits per heavy atom. The first-order chi connectivity index (χ1) is 6.70. The number of ether oxygens (including phenoxy) is 1. The highest BCUT2D eigenvalue weighted by Gasteiger charge is 2.03. The molecule has 0 saturated heterocycles. The van der Waals surface area contributed by atoms with Crippen LogP contribution in [0.15, 0.2) is 24.3 Å². The summed E-state index contributed by atoms with van der Waals surface area (Å²) in [6.07, 6.45) is 0. The molecule has 0 bridgehead atoms. The van der Waals surface area contributed by atoms with Gasteiger partial charge in [-0.15, -0.1) is 0 Å². The Labute approximate surface area is 80.3 Å². The topological polar surface area (TPSA) is 48.1 Å². The molecule has 0 amide bonds. The van der Waals surface area contributed by atoms with Gasteiger partial charge in [0.1, 0.15) is 5.75 Å². The second-order valence-corrected chi connectivity index (χ2v) is 2.92. The first kappa shape index (κ1) is 8.74. The van der Waals surface area contributed by atoms with E-state index < -0.39 is 5.95 Å². The van der Waals surface area contributed by atoms with Crippen LogP contribution < -0.4 is 10.5 Å². The second kappa shape index (κ2) is 3.14. The lowest BCUT2D eigenvalue weighted by Crippen LogP contribution is -1.93. The van der Waals surface area contributed by atoms with Crippen LogP contribution in [0.5, 0.6) is 5.75 Å². The van der Waals surface area contributed by atoms with Crippen LogP contribution in [0.1, 0.15) is 0 Å². The van der Waals surface area contributed by atoms with Crippen molar-refractivity contribution in [1.29, 1.82) is 0 Å². The number of fused-ring (bicyclic) bond motifs is 1. The highest BCUT2D eigenvalue weighted by molar-refractivity contribution is 5.90. The predicted octanol–water partition coefficient (Wildman–Crippen LogP) is 1.96. The van der Waals surface area contributed by atoms with Gasteiger partial charge in [0.05, 0.1) is 12.6 Å². The van der Waals surface area contributed by atoms with Crippen molar-refractivity contribution in [1.82, 2.24) is 4.98 Å². The summed E-state index contributed by atoms with van der Waals surface area (Å²) in [6.45, 7) is 0. The van der Waals surface area contributed by atoms with E-state index in [1.54, 1.807) is 25.3 Å². The standard InChI is InChI=1S/C10H9FN2O/c1-14-6-2-3-9-7(4-6)8(12)5-10(11)13-9/h2-5H,1H3,(H2,12,13). The minimum atomic E-state index is -0.569. The summed E-state index contributed by atoms with van der Waals surface area (Å²) in [5.41, 5.74) is 6.54. The van der Waals surface area contributed by atoms with E-state index in [0.29, 0.717) is 22.3 Å². The van der Waals surface area contributed by atoms with Crippen LogP contribution in [-0.4, -0.2) is 12.1 Å². The Kier molecular flexibility index (Phi) is 1.96. The van der Waals surface area contributed by atoms with Crippen molar-refractivity contribution in [2.75, 3.05) is 12.8 Å². The first-order valence-corrected chi connectivity index (χ1v) is 4.10. The highest BCUT2D eigenvalue weighted by atomic mass is 19.1. The van der Waals surface area contributed by atoms with Crippen LogP contribution >= 0.6 is 0 Å². The van der Waals surface area contributed by atoms with Gasteiger partial charge in [0.2, 0.25) is 5.95 Å². The van der Waals surface area contributed by atoms with E-state index in [1.807, 2.05) is 0 Å².